The summed E-state index contributed by atoms with van der Waals surface area (Å²) in [5.41, 5.74) is 5.54. The van der Waals surface area contributed by atoms with Crippen LogP contribution in [0.3, 0.4) is 0 Å². The van der Waals surface area contributed by atoms with Crippen LogP contribution in [0.4, 0.5) is 0 Å². The molecule has 0 rings (SSSR count). The van der Waals surface area contributed by atoms with E-state index in [2.05, 4.69) is 5.92 Å². The summed E-state index contributed by atoms with van der Waals surface area (Å²) in [6, 6.07) is 0. The SMILES string of the molecule is C#CC[C@](C)(N)CC. The predicted molar refractivity (Wildman–Crippen MR) is 36.3 cm³/mol. The average Bonchev–Trinajstić information content (AvgIpc) is 1.67. The van der Waals surface area contributed by atoms with Crippen molar-refractivity contribution >= 4 is 0 Å². The van der Waals surface area contributed by atoms with Crippen molar-refractivity contribution in [1.29, 1.82) is 0 Å². The third-order valence-corrected chi connectivity index (χ3v) is 1.31. The maximum absolute atomic E-state index is 5.68. The molecule has 0 aliphatic heterocycles. The highest BCUT2D eigenvalue weighted by atomic mass is 14.7. The lowest BCUT2D eigenvalue weighted by molar-refractivity contribution is 0.465. The number of terminal acetylenes is 1. The molecule has 46 valence electrons. The van der Waals surface area contributed by atoms with Gasteiger partial charge in [0.2, 0.25) is 0 Å². The van der Waals surface area contributed by atoms with Gasteiger partial charge < -0.3 is 5.73 Å². The molecular weight excluding hydrogens is 98.1 g/mol. The van der Waals surface area contributed by atoms with Gasteiger partial charge in [0.05, 0.1) is 0 Å². The van der Waals surface area contributed by atoms with E-state index < -0.39 is 0 Å². The fourth-order valence-corrected chi connectivity index (χ4v) is 0.358. The van der Waals surface area contributed by atoms with E-state index in [-0.39, 0.29) is 5.54 Å². The van der Waals surface area contributed by atoms with Crippen molar-refractivity contribution in [2.24, 2.45) is 5.73 Å². The van der Waals surface area contributed by atoms with Gasteiger partial charge in [-0.05, 0) is 13.3 Å². The number of rotatable bonds is 2. The smallest absolute Gasteiger partial charge is 0.0264 e. The third-order valence-electron chi connectivity index (χ3n) is 1.31. The number of hydrogen-bond donors (Lipinski definition) is 1. The zero-order chi connectivity index (χ0) is 6.62. The first-order valence-electron chi connectivity index (χ1n) is 2.85. The highest BCUT2D eigenvalue weighted by Crippen LogP contribution is 2.07. The molecule has 0 bridgehead atoms. The molecule has 0 heterocycles. The van der Waals surface area contributed by atoms with Crippen LogP contribution in [0.1, 0.15) is 26.7 Å². The fourth-order valence-electron chi connectivity index (χ4n) is 0.358. The van der Waals surface area contributed by atoms with E-state index in [9.17, 15) is 0 Å². The summed E-state index contributed by atoms with van der Waals surface area (Å²) in [6.07, 6.45) is 6.67. The quantitative estimate of drug-likeness (QED) is 0.531. The Balaban J connectivity index is 3.58. The lowest BCUT2D eigenvalue weighted by Crippen LogP contribution is -2.34. The summed E-state index contributed by atoms with van der Waals surface area (Å²) < 4.78 is 0. The minimum atomic E-state index is -0.144. The summed E-state index contributed by atoms with van der Waals surface area (Å²) in [6.45, 7) is 4.00. The van der Waals surface area contributed by atoms with Gasteiger partial charge in [0.15, 0.2) is 0 Å². The Morgan fingerprint density at radius 2 is 2.25 bits per heavy atom. The fraction of sp³-hybridized carbons (Fsp3) is 0.714. The van der Waals surface area contributed by atoms with E-state index in [0.717, 1.165) is 6.42 Å². The molecule has 0 aromatic carbocycles. The average molecular weight is 111 g/mol. The van der Waals surface area contributed by atoms with E-state index in [1.807, 2.05) is 13.8 Å². The Hall–Kier alpha value is -0.480. The topological polar surface area (TPSA) is 26.0 Å². The van der Waals surface area contributed by atoms with Crippen LogP contribution < -0.4 is 5.73 Å². The molecule has 8 heavy (non-hydrogen) atoms. The summed E-state index contributed by atoms with van der Waals surface area (Å²) in [5.74, 6) is 2.53. The van der Waals surface area contributed by atoms with Crippen molar-refractivity contribution in [3.8, 4) is 12.3 Å². The first kappa shape index (κ1) is 7.52. The zero-order valence-corrected chi connectivity index (χ0v) is 5.57. The van der Waals surface area contributed by atoms with E-state index in [1.54, 1.807) is 0 Å². The second kappa shape index (κ2) is 2.74. The molecule has 0 aromatic heterocycles. The van der Waals surface area contributed by atoms with E-state index in [1.165, 1.54) is 0 Å². The molecule has 1 heteroatoms. The van der Waals surface area contributed by atoms with Crippen LogP contribution in [0.25, 0.3) is 0 Å². The molecule has 0 unspecified atom stereocenters. The van der Waals surface area contributed by atoms with Crippen LogP contribution in [0, 0.1) is 12.3 Å². The molecule has 0 spiro atoms. The Bertz CT molecular complexity index is 97.4. The molecule has 0 radical (unpaired) electrons. The summed E-state index contributed by atoms with van der Waals surface area (Å²) in [5, 5.41) is 0. The maximum Gasteiger partial charge on any atom is 0.0264 e. The number of nitrogens with two attached hydrogens (primary N) is 1. The maximum atomic E-state index is 5.68. The first-order chi connectivity index (χ1) is 3.62. The number of hydrogen-bond acceptors (Lipinski definition) is 1. The van der Waals surface area contributed by atoms with Gasteiger partial charge in [0, 0.05) is 12.0 Å². The summed E-state index contributed by atoms with van der Waals surface area (Å²) >= 11 is 0. The standard InChI is InChI=1S/C7H13N/c1-4-6-7(3,8)5-2/h1H,5-6,8H2,2-3H3/t7-/m1/s1. The van der Waals surface area contributed by atoms with Crippen molar-refractivity contribution in [3.63, 3.8) is 0 Å². The van der Waals surface area contributed by atoms with Crippen LogP contribution in [0.5, 0.6) is 0 Å². The molecule has 2 N–H and O–H groups in total. The largest absolute Gasteiger partial charge is 0.324 e. The van der Waals surface area contributed by atoms with Crippen LogP contribution in [-0.4, -0.2) is 5.54 Å². The van der Waals surface area contributed by atoms with Gasteiger partial charge in [-0.25, -0.2) is 0 Å². The Morgan fingerprint density at radius 3 is 2.38 bits per heavy atom. The van der Waals surface area contributed by atoms with E-state index >= 15 is 0 Å². The molecule has 1 nitrogen and oxygen atoms in total. The van der Waals surface area contributed by atoms with Gasteiger partial charge in [-0.1, -0.05) is 6.92 Å². The highest BCUT2D eigenvalue weighted by Gasteiger charge is 2.12. The van der Waals surface area contributed by atoms with Gasteiger partial charge in [-0.2, -0.15) is 0 Å². The molecule has 0 fully saturated rings. The molecule has 0 amide bonds. The lowest BCUT2D eigenvalue weighted by Gasteiger charge is -2.18. The van der Waals surface area contributed by atoms with Crippen molar-refractivity contribution in [1.82, 2.24) is 0 Å². The van der Waals surface area contributed by atoms with Crippen molar-refractivity contribution in [2.45, 2.75) is 32.2 Å². The lowest BCUT2D eigenvalue weighted by atomic mass is 9.97. The molecule has 0 saturated heterocycles. The minimum Gasteiger partial charge on any atom is -0.324 e. The van der Waals surface area contributed by atoms with Crippen LogP contribution in [0.15, 0.2) is 0 Å². The third kappa shape index (κ3) is 2.65. The molecule has 0 aliphatic carbocycles. The second-order valence-corrected chi connectivity index (χ2v) is 2.39. The predicted octanol–water partition coefficient (Wildman–Crippen LogP) is 1.14. The monoisotopic (exact) mass is 111 g/mol. The minimum absolute atomic E-state index is 0.144. The summed E-state index contributed by atoms with van der Waals surface area (Å²) in [7, 11) is 0. The van der Waals surface area contributed by atoms with Crippen molar-refractivity contribution in [2.75, 3.05) is 0 Å². The van der Waals surface area contributed by atoms with E-state index in [0.29, 0.717) is 6.42 Å². The molecular formula is C7H13N. The zero-order valence-electron chi connectivity index (χ0n) is 5.57. The van der Waals surface area contributed by atoms with Crippen LogP contribution in [-0.2, 0) is 0 Å². The Kier molecular flexibility index (Phi) is 2.57. The van der Waals surface area contributed by atoms with Crippen LogP contribution in [0.2, 0.25) is 0 Å². The van der Waals surface area contributed by atoms with Gasteiger partial charge >= 0.3 is 0 Å². The molecule has 1 atom stereocenters. The Morgan fingerprint density at radius 1 is 1.75 bits per heavy atom. The normalized spacial score (nSPS) is 16.8. The van der Waals surface area contributed by atoms with Gasteiger partial charge in [-0.3, -0.25) is 0 Å². The van der Waals surface area contributed by atoms with Crippen molar-refractivity contribution in [3.05, 3.63) is 0 Å². The van der Waals surface area contributed by atoms with E-state index in [4.69, 9.17) is 12.2 Å². The first-order valence-corrected chi connectivity index (χ1v) is 2.85. The van der Waals surface area contributed by atoms with Gasteiger partial charge in [0.25, 0.3) is 0 Å². The molecule has 0 saturated carbocycles. The van der Waals surface area contributed by atoms with Crippen LogP contribution >= 0.6 is 0 Å². The second-order valence-electron chi connectivity index (χ2n) is 2.39. The summed E-state index contributed by atoms with van der Waals surface area (Å²) in [4.78, 5) is 0. The Labute approximate surface area is 51.3 Å². The van der Waals surface area contributed by atoms with Crippen molar-refractivity contribution < 1.29 is 0 Å². The van der Waals surface area contributed by atoms with Gasteiger partial charge in [-0.15, -0.1) is 12.3 Å². The highest BCUT2D eigenvalue weighted by molar-refractivity contribution is 4.94. The molecule has 0 aromatic rings. The van der Waals surface area contributed by atoms with Gasteiger partial charge in [0.1, 0.15) is 0 Å². The molecule has 0 aliphatic rings.